The number of thiol groups is 1. The van der Waals surface area contributed by atoms with E-state index in [9.17, 15) is 0 Å². The van der Waals surface area contributed by atoms with Gasteiger partial charge in [0.15, 0.2) is 0 Å². The van der Waals surface area contributed by atoms with Crippen molar-refractivity contribution < 1.29 is 4.42 Å². The van der Waals surface area contributed by atoms with Crippen LogP contribution in [0.5, 0.6) is 0 Å². The first kappa shape index (κ1) is 27.3. The van der Waals surface area contributed by atoms with Crippen LogP contribution in [0.25, 0.3) is 98.4 Å². The molecule has 0 aliphatic carbocycles. The molecule has 0 N–H and O–H groups in total. The van der Waals surface area contributed by atoms with Crippen LogP contribution in [-0.2, 0) is 0 Å². The van der Waals surface area contributed by atoms with Gasteiger partial charge in [-0.25, -0.2) is 0 Å². The summed E-state index contributed by atoms with van der Waals surface area (Å²) in [5.74, 6) is 0. The summed E-state index contributed by atoms with van der Waals surface area (Å²) in [7, 11) is 0. The molecule has 1 aromatic heterocycles. The van der Waals surface area contributed by atoms with Gasteiger partial charge in [0.1, 0.15) is 11.2 Å². The SMILES string of the molecule is Sc1c2ccccc2c(-c2ccc3c(c2)oc2cccc(-c4c5ccccc5c(-c5ccccc5)c5ccccc45)c23)c2ccccc12. The number of hydrogen-bond acceptors (Lipinski definition) is 2. The number of fused-ring (bicyclic) bond motifs is 7. The minimum Gasteiger partial charge on any atom is -0.456 e. The van der Waals surface area contributed by atoms with E-state index in [0.29, 0.717) is 0 Å². The third kappa shape index (κ3) is 3.93. The van der Waals surface area contributed by atoms with Crippen molar-refractivity contribution in [3.05, 3.63) is 164 Å². The summed E-state index contributed by atoms with van der Waals surface area (Å²) in [6, 6.07) is 58.8. The van der Waals surface area contributed by atoms with Crippen LogP contribution in [-0.4, -0.2) is 0 Å². The van der Waals surface area contributed by atoms with Crippen molar-refractivity contribution in [3.63, 3.8) is 0 Å². The van der Waals surface area contributed by atoms with Gasteiger partial charge in [-0.1, -0.05) is 146 Å². The summed E-state index contributed by atoms with van der Waals surface area (Å²) in [5.41, 5.74) is 9.02. The topological polar surface area (TPSA) is 13.1 Å². The average molecular weight is 629 g/mol. The fourth-order valence-electron chi connectivity index (χ4n) is 7.94. The van der Waals surface area contributed by atoms with Crippen LogP contribution in [0, 0.1) is 0 Å². The highest BCUT2D eigenvalue weighted by Gasteiger charge is 2.21. The molecule has 10 rings (SSSR count). The Hall–Kier alpha value is -5.83. The minimum absolute atomic E-state index is 0.882. The predicted octanol–water partition coefficient (Wildman–Crippen LogP) is 13.5. The van der Waals surface area contributed by atoms with E-state index in [1.54, 1.807) is 0 Å². The molecule has 224 valence electrons. The zero-order valence-corrected chi connectivity index (χ0v) is 26.8. The molecular weight excluding hydrogens is 601 g/mol. The van der Waals surface area contributed by atoms with Gasteiger partial charge in [0.05, 0.1) is 0 Å². The van der Waals surface area contributed by atoms with Crippen molar-refractivity contribution >= 4 is 77.7 Å². The van der Waals surface area contributed by atoms with Gasteiger partial charge in [-0.2, -0.15) is 0 Å². The molecule has 0 amide bonds. The quantitative estimate of drug-likeness (QED) is 0.152. The normalized spacial score (nSPS) is 11.9. The Morgan fingerprint density at radius 1 is 0.333 bits per heavy atom. The minimum atomic E-state index is 0.882. The lowest BCUT2D eigenvalue weighted by molar-refractivity contribution is 0.669. The summed E-state index contributed by atoms with van der Waals surface area (Å²) in [6.07, 6.45) is 0. The van der Waals surface area contributed by atoms with E-state index in [2.05, 4.69) is 164 Å². The third-order valence-electron chi connectivity index (χ3n) is 9.95. The van der Waals surface area contributed by atoms with E-state index < -0.39 is 0 Å². The molecule has 0 radical (unpaired) electrons. The highest BCUT2D eigenvalue weighted by Crippen LogP contribution is 2.48. The molecule has 0 atom stereocenters. The van der Waals surface area contributed by atoms with Crippen molar-refractivity contribution in [2.45, 2.75) is 4.90 Å². The Morgan fingerprint density at radius 3 is 1.40 bits per heavy atom. The number of rotatable bonds is 3. The molecule has 9 aromatic carbocycles. The maximum atomic E-state index is 6.73. The monoisotopic (exact) mass is 628 g/mol. The van der Waals surface area contributed by atoms with Crippen molar-refractivity contribution in [1.82, 2.24) is 0 Å². The summed E-state index contributed by atoms with van der Waals surface area (Å²) < 4.78 is 6.73. The highest BCUT2D eigenvalue weighted by atomic mass is 32.1. The maximum absolute atomic E-state index is 6.73. The molecular formula is C46H28OS. The van der Waals surface area contributed by atoms with Crippen LogP contribution in [0.1, 0.15) is 0 Å². The molecule has 0 saturated carbocycles. The van der Waals surface area contributed by atoms with Crippen molar-refractivity contribution in [2.75, 3.05) is 0 Å². The van der Waals surface area contributed by atoms with E-state index in [1.807, 2.05) is 0 Å². The molecule has 0 unspecified atom stereocenters. The molecule has 0 bridgehead atoms. The molecule has 0 saturated heterocycles. The second kappa shape index (κ2) is 10.6. The van der Waals surface area contributed by atoms with E-state index >= 15 is 0 Å². The van der Waals surface area contributed by atoms with Gasteiger partial charge in [0.2, 0.25) is 0 Å². The van der Waals surface area contributed by atoms with Gasteiger partial charge in [-0.05, 0) is 94.7 Å². The van der Waals surface area contributed by atoms with Gasteiger partial charge in [0.25, 0.3) is 0 Å². The Morgan fingerprint density at radius 2 is 0.812 bits per heavy atom. The maximum Gasteiger partial charge on any atom is 0.136 e. The largest absolute Gasteiger partial charge is 0.456 e. The second-order valence-electron chi connectivity index (χ2n) is 12.5. The predicted molar refractivity (Wildman–Crippen MR) is 207 cm³/mol. The fourth-order valence-corrected chi connectivity index (χ4v) is 8.33. The molecule has 1 nitrogen and oxygen atoms in total. The first-order valence-corrected chi connectivity index (χ1v) is 16.8. The lowest BCUT2D eigenvalue weighted by Crippen LogP contribution is -1.91. The molecule has 0 spiro atoms. The third-order valence-corrected chi connectivity index (χ3v) is 10.4. The van der Waals surface area contributed by atoms with Gasteiger partial charge >= 0.3 is 0 Å². The van der Waals surface area contributed by atoms with Crippen molar-refractivity contribution in [3.8, 4) is 33.4 Å². The van der Waals surface area contributed by atoms with Crippen LogP contribution in [0.2, 0.25) is 0 Å². The highest BCUT2D eigenvalue weighted by molar-refractivity contribution is 7.80. The van der Waals surface area contributed by atoms with Crippen LogP contribution in [0.4, 0.5) is 0 Å². The number of hydrogen-bond donors (Lipinski definition) is 1. The lowest BCUT2D eigenvalue weighted by Gasteiger charge is -2.18. The first-order valence-electron chi connectivity index (χ1n) is 16.3. The molecule has 0 fully saturated rings. The second-order valence-corrected chi connectivity index (χ2v) is 13.0. The molecule has 2 heteroatoms. The van der Waals surface area contributed by atoms with Crippen LogP contribution in [0.3, 0.4) is 0 Å². The van der Waals surface area contributed by atoms with Gasteiger partial charge in [0, 0.05) is 15.7 Å². The Balaban J connectivity index is 1.27. The smallest absolute Gasteiger partial charge is 0.136 e. The summed E-state index contributed by atoms with van der Waals surface area (Å²) >= 11 is 4.97. The molecule has 1 heterocycles. The van der Waals surface area contributed by atoms with E-state index in [0.717, 1.165) is 43.2 Å². The molecule has 0 aliphatic heterocycles. The van der Waals surface area contributed by atoms with Gasteiger partial charge in [-0.3, -0.25) is 0 Å². The molecule has 10 aromatic rings. The van der Waals surface area contributed by atoms with Crippen molar-refractivity contribution in [2.24, 2.45) is 0 Å². The number of benzene rings is 9. The fraction of sp³-hybridized carbons (Fsp3) is 0. The van der Waals surface area contributed by atoms with Crippen molar-refractivity contribution in [1.29, 1.82) is 0 Å². The lowest BCUT2D eigenvalue weighted by atomic mass is 9.85. The zero-order chi connectivity index (χ0) is 31.8. The number of furan rings is 1. The Labute approximate surface area is 283 Å². The summed E-state index contributed by atoms with van der Waals surface area (Å²) in [5, 5.41) is 11.9. The molecule has 48 heavy (non-hydrogen) atoms. The van der Waals surface area contributed by atoms with Gasteiger partial charge < -0.3 is 4.42 Å². The van der Waals surface area contributed by atoms with Gasteiger partial charge in [-0.15, -0.1) is 12.6 Å². The Kier molecular flexibility index (Phi) is 6.03. The van der Waals surface area contributed by atoms with E-state index in [1.165, 1.54) is 60.1 Å². The summed E-state index contributed by atoms with van der Waals surface area (Å²) in [4.78, 5) is 1.01. The Bertz CT molecular complexity index is 2780. The standard InChI is InChI=1S/C46H28OS/c48-46-36-21-10-8-19-34(36)43(35-20-9-11-22-37(35)46)29-25-26-38-41(27-29)47-40-24-12-23-39(45(38)40)44-32-17-6-4-15-30(32)42(28-13-2-1-3-14-28)31-16-5-7-18-33(31)44/h1-27,48H. The first-order chi connectivity index (χ1) is 23.8. The van der Waals surface area contributed by atoms with E-state index in [4.69, 9.17) is 17.0 Å². The van der Waals surface area contributed by atoms with Crippen LogP contribution >= 0.6 is 12.6 Å². The summed E-state index contributed by atoms with van der Waals surface area (Å²) in [6.45, 7) is 0. The average Bonchev–Trinajstić information content (AvgIpc) is 3.53. The van der Waals surface area contributed by atoms with E-state index in [-0.39, 0.29) is 0 Å². The van der Waals surface area contributed by atoms with Crippen LogP contribution < -0.4 is 0 Å². The van der Waals surface area contributed by atoms with Crippen LogP contribution in [0.15, 0.2) is 173 Å². The zero-order valence-electron chi connectivity index (χ0n) is 25.9. The molecule has 0 aliphatic rings.